The Kier molecular flexibility index (Phi) is 7.87. The smallest absolute Gasteiger partial charge is 0.233 e. The largest absolute Gasteiger partial charge is 0.376 e. The zero-order valence-corrected chi connectivity index (χ0v) is 18.3. The van der Waals surface area contributed by atoms with Gasteiger partial charge in [0, 0.05) is 26.5 Å². The molecule has 1 saturated heterocycles. The Labute approximate surface area is 181 Å². The van der Waals surface area contributed by atoms with Crippen molar-refractivity contribution in [2.24, 2.45) is 5.73 Å². The molecule has 0 aliphatic carbocycles. The Morgan fingerprint density at radius 3 is 2.77 bits per heavy atom. The van der Waals surface area contributed by atoms with Crippen molar-refractivity contribution in [1.29, 1.82) is 0 Å². The standard InChI is InChI=1S/C21H29N5O3S/c1-15(16-7-4-3-5-8-16)25(2)20(28)14-30-21-24-23-19(11-10-18(22)27)26(21)13-17-9-6-12-29-17/h3-5,7-8,15,17H,6,9-14H2,1-2H3,(H2,22,27)/t15-,17+/m0/s1. The van der Waals surface area contributed by atoms with Gasteiger partial charge in [0.25, 0.3) is 0 Å². The summed E-state index contributed by atoms with van der Waals surface area (Å²) in [5.41, 5.74) is 6.38. The number of aryl methyl sites for hydroxylation is 1. The first-order valence-electron chi connectivity index (χ1n) is 10.2. The molecule has 0 radical (unpaired) electrons. The Balaban J connectivity index is 1.65. The van der Waals surface area contributed by atoms with E-state index in [0.717, 1.165) is 25.0 Å². The van der Waals surface area contributed by atoms with Crippen LogP contribution in [0.3, 0.4) is 0 Å². The van der Waals surface area contributed by atoms with E-state index >= 15 is 0 Å². The first-order chi connectivity index (χ1) is 14.5. The van der Waals surface area contributed by atoms with Crippen LogP contribution in [0.15, 0.2) is 35.5 Å². The molecule has 1 aliphatic rings. The SMILES string of the molecule is C[C@@H](c1ccccc1)N(C)C(=O)CSc1nnc(CCC(N)=O)n1C[C@H]1CCCO1. The zero-order chi connectivity index (χ0) is 21.5. The number of carbonyl (C=O) groups excluding carboxylic acids is 2. The van der Waals surface area contributed by atoms with Crippen LogP contribution in [0.2, 0.25) is 0 Å². The number of rotatable bonds is 10. The second-order valence-electron chi connectivity index (χ2n) is 7.49. The Hall–Kier alpha value is -2.39. The number of hydrogen-bond acceptors (Lipinski definition) is 6. The molecule has 1 aromatic carbocycles. The molecule has 2 N–H and O–H groups in total. The van der Waals surface area contributed by atoms with E-state index in [9.17, 15) is 9.59 Å². The number of thioether (sulfide) groups is 1. The summed E-state index contributed by atoms with van der Waals surface area (Å²) in [5, 5.41) is 9.17. The van der Waals surface area contributed by atoms with Gasteiger partial charge in [-0.05, 0) is 25.3 Å². The summed E-state index contributed by atoms with van der Waals surface area (Å²) in [5.74, 6) is 0.599. The first-order valence-corrected chi connectivity index (χ1v) is 11.2. The number of carbonyl (C=O) groups is 2. The van der Waals surface area contributed by atoms with Crippen molar-refractivity contribution in [3.8, 4) is 0 Å². The van der Waals surface area contributed by atoms with Crippen LogP contribution in [-0.2, 0) is 27.3 Å². The Morgan fingerprint density at radius 1 is 1.33 bits per heavy atom. The molecule has 1 aliphatic heterocycles. The number of benzene rings is 1. The van der Waals surface area contributed by atoms with Crippen molar-refractivity contribution in [2.45, 2.75) is 56.5 Å². The summed E-state index contributed by atoms with van der Waals surface area (Å²) in [6, 6.07) is 9.93. The first kappa shape index (κ1) is 22.3. The van der Waals surface area contributed by atoms with Gasteiger partial charge in [-0.25, -0.2) is 0 Å². The van der Waals surface area contributed by atoms with E-state index in [1.165, 1.54) is 11.8 Å². The van der Waals surface area contributed by atoms with E-state index in [1.807, 2.05) is 48.9 Å². The highest BCUT2D eigenvalue weighted by atomic mass is 32.2. The fourth-order valence-electron chi connectivity index (χ4n) is 3.42. The molecule has 9 heteroatoms. The topological polar surface area (TPSA) is 103 Å². The summed E-state index contributed by atoms with van der Waals surface area (Å²) in [6.45, 7) is 3.39. The molecule has 1 fully saturated rings. The second kappa shape index (κ2) is 10.6. The summed E-state index contributed by atoms with van der Waals surface area (Å²) >= 11 is 1.36. The lowest BCUT2D eigenvalue weighted by Crippen LogP contribution is -2.31. The third kappa shape index (κ3) is 5.82. The third-order valence-corrected chi connectivity index (χ3v) is 6.33. The third-order valence-electron chi connectivity index (χ3n) is 5.38. The van der Waals surface area contributed by atoms with Crippen LogP contribution >= 0.6 is 11.8 Å². The number of ether oxygens (including phenoxy) is 1. The summed E-state index contributed by atoms with van der Waals surface area (Å²) in [7, 11) is 1.82. The molecule has 3 rings (SSSR count). The molecule has 30 heavy (non-hydrogen) atoms. The Morgan fingerprint density at radius 2 is 2.10 bits per heavy atom. The van der Waals surface area contributed by atoms with E-state index in [1.54, 1.807) is 4.90 Å². The maximum Gasteiger partial charge on any atom is 0.233 e. The van der Waals surface area contributed by atoms with Crippen LogP contribution in [0.4, 0.5) is 0 Å². The van der Waals surface area contributed by atoms with Crippen molar-refractivity contribution in [3.05, 3.63) is 41.7 Å². The molecule has 2 atom stereocenters. The zero-order valence-electron chi connectivity index (χ0n) is 17.5. The number of nitrogens with zero attached hydrogens (tertiary/aromatic N) is 4. The van der Waals surface area contributed by atoms with Gasteiger partial charge in [-0.2, -0.15) is 0 Å². The molecule has 2 amide bonds. The van der Waals surface area contributed by atoms with Gasteiger partial charge in [-0.15, -0.1) is 10.2 Å². The second-order valence-corrected chi connectivity index (χ2v) is 8.43. The normalized spacial score (nSPS) is 17.1. The average molecular weight is 432 g/mol. The van der Waals surface area contributed by atoms with Gasteiger partial charge in [-0.1, -0.05) is 42.1 Å². The number of hydrogen-bond donors (Lipinski definition) is 1. The van der Waals surface area contributed by atoms with Gasteiger partial charge >= 0.3 is 0 Å². The van der Waals surface area contributed by atoms with Crippen molar-refractivity contribution in [2.75, 3.05) is 19.4 Å². The molecule has 1 aromatic heterocycles. The molecular weight excluding hydrogens is 402 g/mol. The fraction of sp³-hybridized carbons (Fsp3) is 0.524. The summed E-state index contributed by atoms with van der Waals surface area (Å²) < 4.78 is 7.72. The van der Waals surface area contributed by atoms with Crippen LogP contribution in [0.1, 0.15) is 43.6 Å². The number of primary amides is 1. The monoisotopic (exact) mass is 431 g/mol. The minimum absolute atomic E-state index is 0.0155. The van der Waals surface area contributed by atoms with Crippen molar-refractivity contribution in [3.63, 3.8) is 0 Å². The Bertz CT molecular complexity index is 852. The molecule has 2 aromatic rings. The van der Waals surface area contributed by atoms with Crippen LogP contribution in [0, 0.1) is 0 Å². The van der Waals surface area contributed by atoms with Gasteiger partial charge in [0.1, 0.15) is 5.82 Å². The van der Waals surface area contributed by atoms with Crippen LogP contribution in [-0.4, -0.2) is 57.0 Å². The number of amides is 2. The molecule has 0 bridgehead atoms. The minimum atomic E-state index is -0.373. The highest BCUT2D eigenvalue weighted by molar-refractivity contribution is 7.99. The summed E-state index contributed by atoms with van der Waals surface area (Å²) in [6.07, 6.45) is 2.75. The molecule has 162 valence electrons. The maximum atomic E-state index is 12.8. The highest BCUT2D eigenvalue weighted by Gasteiger charge is 2.23. The maximum absolute atomic E-state index is 12.8. The molecule has 8 nitrogen and oxygen atoms in total. The van der Waals surface area contributed by atoms with E-state index in [0.29, 0.717) is 23.9 Å². The fourth-order valence-corrected chi connectivity index (χ4v) is 4.31. The van der Waals surface area contributed by atoms with Crippen molar-refractivity contribution in [1.82, 2.24) is 19.7 Å². The van der Waals surface area contributed by atoms with Gasteiger partial charge in [-0.3, -0.25) is 9.59 Å². The van der Waals surface area contributed by atoms with Crippen LogP contribution in [0.25, 0.3) is 0 Å². The van der Waals surface area contributed by atoms with E-state index in [-0.39, 0.29) is 36.1 Å². The molecule has 0 spiro atoms. The van der Waals surface area contributed by atoms with Gasteiger partial charge in [0.15, 0.2) is 5.16 Å². The van der Waals surface area contributed by atoms with E-state index in [2.05, 4.69) is 10.2 Å². The lowest BCUT2D eigenvalue weighted by atomic mass is 10.1. The number of aromatic nitrogens is 3. The van der Waals surface area contributed by atoms with Crippen molar-refractivity contribution < 1.29 is 14.3 Å². The number of nitrogens with two attached hydrogens (primary N) is 1. The molecule has 2 heterocycles. The lowest BCUT2D eigenvalue weighted by molar-refractivity contribution is -0.129. The predicted octanol–water partition coefficient (Wildman–Crippen LogP) is 2.19. The average Bonchev–Trinajstić information content (AvgIpc) is 3.40. The van der Waals surface area contributed by atoms with Crippen LogP contribution in [0.5, 0.6) is 0 Å². The predicted molar refractivity (Wildman–Crippen MR) is 115 cm³/mol. The highest BCUT2D eigenvalue weighted by Crippen LogP contribution is 2.24. The molecule has 0 saturated carbocycles. The summed E-state index contributed by atoms with van der Waals surface area (Å²) in [4.78, 5) is 25.7. The minimum Gasteiger partial charge on any atom is -0.376 e. The quantitative estimate of drug-likeness (QED) is 0.579. The lowest BCUT2D eigenvalue weighted by Gasteiger charge is -2.25. The van der Waals surface area contributed by atoms with Gasteiger partial charge in [0.2, 0.25) is 11.8 Å². The van der Waals surface area contributed by atoms with E-state index < -0.39 is 0 Å². The molecular formula is C21H29N5O3S. The van der Waals surface area contributed by atoms with E-state index in [4.69, 9.17) is 10.5 Å². The van der Waals surface area contributed by atoms with Gasteiger partial charge in [0.05, 0.1) is 24.4 Å². The van der Waals surface area contributed by atoms with Crippen LogP contribution < -0.4 is 5.73 Å². The molecule has 0 unspecified atom stereocenters. The van der Waals surface area contributed by atoms with Crippen molar-refractivity contribution >= 4 is 23.6 Å². The van der Waals surface area contributed by atoms with Gasteiger partial charge < -0.3 is 19.9 Å².